The van der Waals surface area contributed by atoms with Crippen molar-refractivity contribution in [2.45, 2.75) is 25.8 Å². The summed E-state index contributed by atoms with van der Waals surface area (Å²) in [7, 11) is 0. The minimum Gasteiger partial charge on any atom is -0.480 e. The standard InChI is InChI=1S/C14H19NO2/c1-11-7-9-15(13(11)14(16)17)10-8-12-5-3-2-4-6-12/h2-6,11,13H,7-10H2,1H3,(H,16,17). The molecule has 0 amide bonds. The molecule has 1 fully saturated rings. The van der Waals surface area contributed by atoms with Gasteiger partial charge in [-0.2, -0.15) is 0 Å². The summed E-state index contributed by atoms with van der Waals surface area (Å²) in [4.78, 5) is 13.3. The first-order valence-corrected chi connectivity index (χ1v) is 6.19. The number of aliphatic carboxylic acids is 1. The molecule has 3 nitrogen and oxygen atoms in total. The lowest BCUT2D eigenvalue weighted by atomic mass is 10.0. The van der Waals surface area contributed by atoms with E-state index in [-0.39, 0.29) is 12.0 Å². The molecule has 2 unspecified atom stereocenters. The van der Waals surface area contributed by atoms with Gasteiger partial charge in [0, 0.05) is 6.54 Å². The zero-order valence-corrected chi connectivity index (χ0v) is 10.2. The summed E-state index contributed by atoms with van der Waals surface area (Å²) in [5.74, 6) is -0.411. The highest BCUT2D eigenvalue weighted by molar-refractivity contribution is 5.74. The first-order valence-electron chi connectivity index (χ1n) is 6.19. The highest BCUT2D eigenvalue weighted by Crippen LogP contribution is 2.24. The largest absolute Gasteiger partial charge is 0.480 e. The molecule has 1 heterocycles. The van der Waals surface area contributed by atoms with Gasteiger partial charge in [-0.3, -0.25) is 9.69 Å². The van der Waals surface area contributed by atoms with E-state index in [4.69, 9.17) is 0 Å². The lowest BCUT2D eigenvalue weighted by Crippen LogP contribution is -2.40. The van der Waals surface area contributed by atoms with Crippen molar-refractivity contribution >= 4 is 5.97 Å². The molecule has 0 radical (unpaired) electrons. The Morgan fingerprint density at radius 2 is 2.12 bits per heavy atom. The number of nitrogens with zero attached hydrogens (tertiary/aromatic N) is 1. The number of rotatable bonds is 4. The van der Waals surface area contributed by atoms with Crippen LogP contribution >= 0.6 is 0 Å². The van der Waals surface area contributed by atoms with Crippen LogP contribution in [-0.2, 0) is 11.2 Å². The van der Waals surface area contributed by atoms with Crippen LogP contribution in [0.5, 0.6) is 0 Å². The predicted molar refractivity (Wildman–Crippen MR) is 66.9 cm³/mol. The zero-order chi connectivity index (χ0) is 12.3. The van der Waals surface area contributed by atoms with Crippen LogP contribution in [0.1, 0.15) is 18.9 Å². The lowest BCUT2D eigenvalue weighted by molar-refractivity contribution is -0.143. The van der Waals surface area contributed by atoms with E-state index in [0.29, 0.717) is 0 Å². The molecule has 2 atom stereocenters. The number of carboxylic acids is 1. The van der Waals surface area contributed by atoms with E-state index < -0.39 is 5.97 Å². The Kier molecular flexibility index (Phi) is 3.79. The van der Waals surface area contributed by atoms with Crippen LogP contribution in [-0.4, -0.2) is 35.1 Å². The lowest BCUT2D eigenvalue weighted by Gasteiger charge is -2.22. The number of likely N-dealkylation sites (tertiary alicyclic amines) is 1. The number of carboxylic acid groups (broad SMARTS) is 1. The van der Waals surface area contributed by atoms with Gasteiger partial charge in [-0.05, 0) is 30.9 Å². The normalized spacial score (nSPS) is 25.0. The van der Waals surface area contributed by atoms with Gasteiger partial charge in [0.15, 0.2) is 0 Å². The minimum absolute atomic E-state index is 0.267. The van der Waals surface area contributed by atoms with Gasteiger partial charge in [-0.15, -0.1) is 0 Å². The van der Waals surface area contributed by atoms with Crippen LogP contribution in [0.25, 0.3) is 0 Å². The number of hydrogen-bond acceptors (Lipinski definition) is 2. The van der Waals surface area contributed by atoms with Crippen molar-refractivity contribution in [1.82, 2.24) is 4.90 Å². The average Bonchev–Trinajstić information content (AvgIpc) is 2.69. The Labute approximate surface area is 102 Å². The van der Waals surface area contributed by atoms with E-state index in [1.165, 1.54) is 5.56 Å². The van der Waals surface area contributed by atoms with Gasteiger partial charge in [0.2, 0.25) is 0 Å². The third kappa shape index (κ3) is 2.86. The molecule has 3 heteroatoms. The maximum Gasteiger partial charge on any atom is 0.321 e. The maximum absolute atomic E-state index is 11.2. The summed E-state index contributed by atoms with van der Waals surface area (Å²) in [6, 6.07) is 9.94. The second-order valence-corrected chi connectivity index (χ2v) is 4.82. The molecule has 0 spiro atoms. The van der Waals surface area contributed by atoms with Crippen molar-refractivity contribution in [1.29, 1.82) is 0 Å². The first kappa shape index (κ1) is 12.1. The van der Waals surface area contributed by atoms with Crippen molar-refractivity contribution in [2.24, 2.45) is 5.92 Å². The average molecular weight is 233 g/mol. The molecule has 17 heavy (non-hydrogen) atoms. The summed E-state index contributed by atoms with van der Waals surface area (Å²) in [6.07, 6.45) is 1.92. The Morgan fingerprint density at radius 3 is 2.76 bits per heavy atom. The molecule has 1 N–H and O–H groups in total. The summed E-state index contributed by atoms with van der Waals surface area (Å²) in [5, 5.41) is 9.21. The summed E-state index contributed by atoms with van der Waals surface area (Å²) in [6.45, 7) is 3.78. The molecule has 1 aromatic rings. The fourth-order valence-corrected chi connectivity index (χ4v) is 2.59. The number of hydrogen-bond donors (Lipinski definition) is 1. The van der Waals surface area contributed by atoms with Crippen molar-refractivity contribution in [2.75, 3.05) is 13.1 Å². The van der Waals surface area contributed by atoms with Gasteiger partial charge >= 0.3 is 5.97 Å². The number of carbonyl (C=O) groups is 1. The first-order chi connectivity index (χ1) is 8.18. The molecule has 0 aromatic heterocycles. The van der Waals surface area contributed by atoms with Gasteiger partial charge < -0.3 is 5.11 Å². The topological polar surface area (TPSA) is 40.5 Å². The van der Waals surface area contributed by atoms with E-state index in [9.17, 15) is 9.90 Å². The van der Waals surface area contributed by atoms with Crippen molar-refractivity contribution in [3.8, 4) is 0 Å². The smallest absolute Gasteiger partial charge is 0.321 e. The van der Waals surface area contributed by atoms with Gasteiger partial charge in [-0.1, -0.05) is 37.3 Å². The Morgan fingerprint density at radius 1 is 1.41 bits per heavy atom. The molecular formula is C14H19NO2. The molecule has 1 aliphatic heterocycles. The van der Waals surface area contributed by atoms with Crippen LogP contribution in [0.2, 0.25) is 0 Å². The van der Waals surface area contributed by atoms with Crippen LogP contribution in [0.4, 0.5) is 0 Å². The summed E-state index contributed by atoms with van der Waals surface area (Å²) >= 11 is 0. The van der Waals surface area contributed by atoms with Crippen molar-refractivity contribution < 1.29 is 9.90 Å². The Hall–Kier alpha value is -1.35. The van der Waals surface area contributed by atoms with Gasteiger partial charge in [0.25, 0.3) is 0 Å². The molecular weight excluding hydrogens is 214 g/mol. The molecule has 0 bridgehead atoms. The molecule has 0 aliphatic carbocycles. The summed E-state index contributed by atoms with van der Waals surface area (Å²) in [5.41, 5.74) is 1.27. The fraction of sp³-hybridized carbons (Fsp3) is 0.500. The molecule has 1 saturated heterocycles. The van der Waals surface area contributed by atoms with E-state index in [2.05, 4.69) is 17.0 Å². The second-order valence-electron chi connectivity index (χ2n) is 4.82. The van der Waals surface area contributed by atoms with Gasteiger partial charge in [-0.25, -0.2) is 0 Å². The van der Waals surface area contributed by atoms with E-state index in [1.54, 1.807) is 0 Å². The SMILES string of the molecule is CC1CCN(CCc2ccccc2)C1C(=O)O. The zero-order valence-electron chi connectivity index (χ0n) is 10.2. The van der Waals surface area contributed by atoms with Crippen molar-refractivity contribution in [3.63, 3.8) is 0 Å². The second kappa shape index (κ2) is 5.32. The van der Waals surface area contributed by atoms with E-state index >= 15 is 0 Å². The van der Waals surface area contributed by atoms with Crippen molar-refractivity contribution in [3.05, 3.63) is 35.9 Å². The highest BCUT2D eigenvalue weighted by Gasteiger charge is 2.35. The maximum atomic E-state index is 11.2. The number of benzene rings is 1. The third-order valence-electron chi connectivity index (χ3n) is 3.59. The van der Waals surface area contributed by atoms with Crippen LogP contribution in [0.15, 0.2) is 30.3 Å². The quantitative estimate of drug-likeness (QED) is 0.865. The van der Waals surface area contributed by atoms with Crippen LogP contribution in [0.3, 0.4) is 0 Å². The fourth-order valence-electron chi connectivity index (χ4n) is 2.59. The van der Waals surface area contributed by atoms with Crippen LogP contribution in [0, 0.1) is 5.92 Å². The summed E-state index contributed by atoms with van der Waals surface area (Å²) < 4.78 is 0. The molecule has 1 aromatic carbocycles. The third-order valence-corrected chi connectivity index (χ3v) is 3.59. The highest BCUT2D eigenvalue weighted by atomic mass is 16.4. The predicted octanol–water partition coefficient (Wildman–Crippen LogP) is 2.02. The molecule has 0 saturated carbocycles. The van der Waals surface area contributed by atoms with Gasteiger partial charge in [0.05, 0.1) is 0 Å². The molecule has 92 valence electrons. The minimum atomic E-state index is -0.678. The van der Waals surface area contributed by atoms with E-state index in [0.717, 1.165) is 25.9 Å². The molecule has 1 aliphatic rings. The molecule has 2 rings (SSSR count). The Bertz CT molecular complexity index is 377. The Balaban J connectivity index is 1.93. The van der Waals surface area contributed by atoms with Crippen LogP contribution < -0.4 is 0 Å². The van der Waals surface area contributed by atoms with E-state index in [1.807, 2.05) is 25.1 Å². The van der Waals surface area contributed by atoms with Gasteiger partial charge in [0.1, 0.15) is 6.04 Å². The monoisotopic (exact) mass is 233 g/mol.